The van der Waals surface area contributed by atoms with Crippen LogP contribution in [0.1, 0.15) is 53.0 Å². The molecule has 7 heteroatoms. The fraction of sp³-hybridized carbons (Fsp3) is 0.476. The van der Waals surface area contributed by atoms with Crippen LogP contribution in [0.3, 0.4) is 0 Å². The van der Waals surface area contributed by atoms with Crippen molar-refractivity contribution < 1.29 is 9.84 Å². The van der Waals surface area contributed by atoms with Gasteiger partial charge in [0.1, 0.15) is 11.3 Å². The number of benzene rings is 1. The van der Waals surface area contributed by atoms with Gasteiger partial charge in [0.2, 0.25) is 5.88 Å². The van der Waals surface area contributed by atoms with Crippen molar-refractivity contribution in [1.29, 1.82) is 0 Å². The molecule has 0 saturated carbocycles. The number of pyridine rings is 1. The minimum atomic E-state index is -0.936. The van der Waals surface area contributed by atoms with Crippen LogP contribution in [0.25, 0.3) is 11.0 Å². The second-order valence-electron chi connectivity index (χ2n) is 8.06. The predicted octanol–water partition coefficient (Wildman–Crippen LogP) is 5.43. The molecule has 0 amide bonds. The maximum absolute atomic E-state index is 10.0. The number of aromatic nitrogens is 4. The molecule has 0 aliphatic heterocycles. The second kappa shape index (κ2) is 7.79. The van der Waals surface area contributed by atoms with Crippen LogP contribution < -0.4 is 4.74 Å². The van der Waals surface area contributed by atoms with E-state index in [1.807, 2.05) is 16.8 Å². The molecule has 0 unspecified atom stereocenters. The predicted molar refractivity (Wildman–Crippen MR) is 113 cm³/mol. The van der Waals surface area contributed by atoms with Crippen LogP contribution in [0.5, 0.6) is 11.6 Å². The Morgan fingerprint density at radius 3 is 2.39 bits per heavy atom. The molecule has 150 valence electrons. The zero-order chi connectivity index (χ0) is 20.5. The minimum Gasteiger partial charge on any atom is -0.438 e. The zero-order valence-corrected chi connectivity index (χ0v) is 18.6. The van der Waals surface area contributed by atoms with E-state index < -0.39 is 5.60 Å². The number of rotatable bonds is 7. The van der Waals surface area contributed by atoms with Crippen molar-refractivity contribution >= 4 is 27.0 Å². The van der Waals surface area contributed by atoms with Crippen LogP contribution in [-0.4, -0.2) is 25.1 Å². The van der Waals surface area contributed by atoms with E-state index in [1.54, 1.807) is 32.2 Å². The summed E-state index contributed by atoms with van der Waals surface area (Å²) >= 11 is 3.60. The molecule has 0 spiro atoms. The Morgan fingerprint density at radius 2 is 1.82 bits per heavy atom. The van der Waals surface area contributed by atoms with Gasteiger partial charge in [-0.15, -0.1) is 5.10 Å². The first kappa shape index (κ1) is 20.7. The Labute approximate surface area is 174 Å². The average molecular weight is 447 g/mol. The highest BCUT2D eigenvalue weighted by molar-refractivity contribution is 9.10. The Morgan fingerprint density at radius 1 is 1.11 bits per heavy atom. The van der Waals surface area contributed by atoms with Gasteiger partial charge >= 0.3 is 0 Å². The van der Waals surface area contributed by atoms with Crippen LogP contribution in [0.4, 0.5) is 0 Å². The van der Waals surface area contributed by atoms with Gasteiger partial charge in [-0.05, 0) is 66.2 Å². The van der Waals surface area contributed by atoms with Crippen molar-refractivity contribution in [3.05, 3.63) is 40.5 Å². The van der Waals surface area contributed by atoms with E-state index in [2.05, 4.69) is 52.0 Å². The summed E-state index contributed by atoms with van der Waals surface area (Å²) in [7, 11) is 0. The molecule has 1 N–H and O–H groups in total. The molecule has 2 heterocycles. The van der Waals surface area contributed by atoms with E-state index >= 15 is 0 Å². The lowest BCUT2D eigenvalue weighted by molar-refractivity contribution is 0.0781. The molecule has 0 aliphatic carbocycles. The van der Waals surface area contributed by atoms with Gasteiger partial charge in [-0.25, -0.2) is 9.67 Å². The summed E-state index contributed by atoms with van der Waals surface area (Å²) in [5.74, 6) is 1.07. The first-order chi connectivity index (χ1) is 13.2. The van der Waals surface area contributed by atoms with E-state index in [9.17, 15) is 5.11 Å². The van der Waals surface area contributed by atoms with Gasteiger partial charge in [-0.1, -0.05) is 26.0 Å². The summed E-state index contributed by atoms with van der Waals surface area (Å²) in [5.41, 5.74) is 1.72. The average Bonchev–Trinajstić information content (AvgIpc) is 3.07. The molecule has 28 heavy (non-hydrogen) atoms. The number of fused-ring (bicyclic) bond motifs is 1. The van der Waals surface area contributed by atoms with Crippen molar-refractivity contribution in [3.8, 4) is 11.6 Å². The summed E-state index contributed by atoms with van der Waals surface area (Å²) in [6.07, 6.45) is 3.79. The van der Waals surface area contributed by atoms with Crippen molar-refractivity contribution in [3.63, 3.8) is 0 Å². The van der Waals surface area contributed by atoms with Crippen LogP contribution in [0, 0.1) is 5.41 Å². The molecule has 2 aromatic heterocycles. The SMILES string of the molecule is CCC(C)(CC)Cn1nnc2c(Br)c(Oc3ccc(C(C)(C)O)cn3)ccc21. The third-order valence-electron chi connectivity index (χ3n) is 5.49. The molecule has 1 aromatic carbocycles. The summed E-state index contributed by atoms with van der Waals surface area (Å²) in [6, 6.07) is 7.43. The second-order valence-corrected chi connectivity index (χ2v) is 8.85. The number of hydrogen-bond acceptors (Lipinski definition) is 5. The van der Waals surface area contributed by atoms with Crippen molar-refractivity contribution in [2.45, 2.75) is 59.6 Å². The third-order valence-corrected chi connectivity index (χ3v) is 6.25. The molecule has 0 saturated heterocycles. The molecule has 0 radical (unpaired) electrons. The largest absolute Gasteiger partial charge is 0.438 e. The van der Waals surface area contributed by atoms with E-state index in [-0.39, 0.29) is 5.41 Å². The summed E-state index contributed by atoms with van der Waals surface area (Å²) < 4.78 is 8.64. The monoisotopic (exact) mass is 446 g/mol. The fourth-order valence-electron chi connectivity index (χ4n) is 2.93. The van der Waals surface area contributed by atoms with Crippen LogP contribution in [0.2, 0.25) is 0 Å². The molecule has 0 fully saturated rings. The van der Waals surface area contributed by atoms with Crippen molar-refractivity contribution in [2.75, 3.05) is 0 Å². The molecule has 0 bridgehead atoms. The van der Waals surface area contributed by atoms with Crippen LogP contribution >= 0.6 is 15.9 Å². The van der Waals surface area contributed by atoms with Crippen LogP contribution in [0.15, 0.2) is 34.9 Å². The number of halogens is 1. The van der Waals surface area contributed by atoms with Crippen molar-refractivity contribution in [1.82, 2.24) is 20.0 Å². The quantitative estimate of drug-likeness (QED) is 0.523. The van der Waals surface area contributed by atoms with Gasteiger partial charge in [0.15, 0.2) is 0 Å². The topological polar surface area (TPSA) is 73.1 Å². The van der Waals surface area contributed by atoms with Gasteiger partial charge in [0, 0.05) is 24.4 Å². The lowest BCUT2D eigenvalue weighted by Gasteiger charge is -2.26. The highest BCUT2D eigenvalue weighted by atomic mass is 79.9. The first-order valence-corrected chi connectivity index (χ1v) is 10.3. The standard InChI is InChI=1S/C21H27BrN4O2/c1-6-21(5,7-2)13-26-15-9-10-16(18(22)19(15)24-25-26)28-17-11-8-14(12-23-17)20(3,4)27/h8-12,27H,6-7,13H2,1-5H3. The Balaban J connectivity index is 1.87. The van der Waals surface area contributed by atoms with E-state index in [0.29, 0.717) is 11.6 Å². The molecule has 3 rings (SSSR count). The van der Waals surface area contributed by atoms with E-state index in [4.69, 9.17) is 4.74 Å². The number of nitrogens with zero attached hydrogens (tertiary/aromatic N) is 4. The Kier molecular flexibility index (Phi) is 5.77. The minimum absolute atomic E-state index is 0.189. The summed E-state index contributed by atoms with van der Waals surface area (Å²) in [4.78, 5) is 4.29. The van der Waals surface area contributed by atoms with Gasteiger partial charge in [-0.3, -0.25) is 0 Å². The molecule has 0 atom stereocenters. The fourth-order valence-corrected chi connectivity index (χ4v) is 3.43. The zero-order valence-electron chi connectivity index (χ0n) is 17.0. The van der Waals surface area contributed by atoms with Crippen molar-refractivity contribution in [2.24, 2.45) is 5.41 Å². The maximum atomic E-state index is 10.0. The van der Waals surface area contributed by atoms with E-state index in [0.717, 1.165) is 40.5 Å². The number of ether oxygens (including phenoxy) is 1. The maximum Gasteiger partial charge on any atom is 0.219 e. The number of hydrogen-bond donors (Lipinski definition) is 1. The normalized spacial score (nSPS) is 12.5. The Hall–Kier alpha value is -1.99. The van der Waals surface area contributed by atoms with E-state index in [1.165, 1.54) is 0 Å². The lowest BCUT2D eigenvalue weighted by Crippen LogP contribution is -2.22. The molecule has 6 nitrogen and oxygen atoms in total. The Bertz CT molecular complexity index is 957. The molecular weight excluding hydrogens is 420 g/mol. The molecule has 0 aliphatic rings. The highest BCUT2D eigenvalue weighted by Gasteiger charge is 2.23. The molecule has 3 aromatic rings. The summed E-state index contributed by atoms with van der Waals surface area (Å²) in [5, 5.41) is 18.8. The smallest absolute Gasteiger partial charge is 0.219 e. The first-order valence-electron chi connectivity index (χ1n) is 9.55. The highest BCUT2D eigenvalue weighted by Crippen LogP contribution is 2.36. The lowest BCUT2D eigenvalue weighted by atomic mass is 9.85. The third kappa shape index (κ3) is 4.20. The van der Waals surface area contributed by atoms with Gasteiger partial charge < -0.3 is 9.84 Å². The van der Waals surface area contributed by atoms with Gasteiger partial charge in [-0.2, -0.15) is 0 Å². The molecular formula is C21H27BrN4O2. The van der Waals surface area contributed by atoms with Gasteiger partial charge in [0.05, 0.1) is 15.6 Å². The van der Waals surface area contributed by atoms with Crippen LogP contribution in [-0.2, 0) is 12.1 Å². The van der Waals surface area contributed by atoms with Gasteiger partial charge in [0.25, 0.3) is 0 Å². The number of aliphatic hydroxyl groups is 1. The summed E-state index contributed by atoms with van der Waals surface area (Å²) in [6.45, 7) is 11.0.